The topological polar surface area (TPSA) is 84.9 Å². The van der Waals surface area contributed by atoms with Crippen molar-refractivity contribution in [2.75, 3.05) is 39.6 Å². The highest BCUT2D eigenvalue weighted by atomic mass is 32.2. The smallest absolute Gasteiger partial charge is 0.222 e. The van der Waals surface area contributed by atoms with Gasteiger partial charge in [-0.2, -0.15) is 0 Å². The Morgan fingerprint density at radius 2 is 1.97 bits per heavy atom. The van der Waals surface area contributed by atoms with Crippen LogP contribution in [0.3, 0.4) is 0 Å². The van der Waals surface area contributed by atoms with Crippen LogP contribution in [0.4, 0.5) is 0 Å². The predicted octanol–water partition coefficient (Wildman–Crippen LogP) is 2.35. The number of ether oxygens (including phenoxy) is 2. The van der Waals surface area contributed by atoms with E-state index in [1.54, 1.807) is 7.11 Å². The summed E-state index contributed by atoms with van der Waals surface area (Å²) in [5.41, 5.74) is 0.986. The van der Waals surface area contributed by atoms with E-state index >= 15 is 0 Å². The number of likely N-dealkylation sites (tertiary alicyclic amines) is 1. The van der Waals surface area contributed by atoms with Crippen LogP contribution in [0.2, 0.25) is 0 Å². The van der Waals surface area contributed by atoms with Crippen molar-refractivity contribution in [2.45, 2.75) is 50.5 Å². The van der Waals surface area contributed by atoms with Gasteiger partial charge in [0.05, 0.1) is 19.0 Å². The number of amides is 1. The lowest BCUT2D eigenvalue weighted by Gasteiger charge is -2.46. The van der Waals surface area contributed by atoms with Crippen molar-refractivity contribution >= 4 is 15.9 Å². The molecule has 1 N–H and O–H groups in total. The minimum atomic E-state index is -3.14. The molecular formula is C22H34N2O5S. The number of benzene rings is 1. The van der Waals surface area contributed by atoms with Gasteiger partial charge in [-0.25, -0.2) is 13.1 Å². The molecule has 2 aliphatic rings. The van der Waals surface area contributed by atoms with Crippen LogP contribution in [-0.2, 0) is 26.0 Å². The maximum Gasteiger partial charge on any atom is 0.222 e. The zero-order valence-corrected chi connectivity index (χ0v) is 18.9. The van der Waals surface area contributed by atoms with Gasteiger partial charge in [0.2, 0.25) is 15.9 Å². The number of methoxy groups -OCH3 is 1. The van der Waals surface area contributed by atoms with Gasteiger partial charge in [0.25, 0.3) is 0 Å². The Hall–Kier alpha value is -1.64. The van der Waals surface area contributed by atoms with Crippen LogP contribution < -0.4 is 9.46 Å². The summed E-state index contributed by atoms with van der Waals surface area (Å²) in [6, 6.07) is 7.86. The number of carbonyl (C=O) groups excluding carboxylic acids is 1. The quantitative estimate of drug-likeness (QED) is 0.674. The number of hydrogen-bond donors (Lipinski definition) is 1. The van der Waals surface area contributed by atoms with Crippen molar-refractivity contribution in [2.24, 2.45) is 5.92 Å². The van der Waals surface area contributed by atoms with E-state index in [4.69, 9.17) is 9.47 Å². The molecule has 1 unspecified atom stereocenters. The summed E-state index contributed by atoms with van der Waals surface area (Å²) in [7, 11) is -1.49. The van der Waals surface area contributed by atoms with E-state index < -0.39 is 10.0 Å². The minimum absolute atomic E-state index is 0.152. The molecule has 2 heterocycles. The molecule has 1 spiro atoms. The first-order valence-corrected chi connectivity index (χ1v) is 12.7. The minimum Gasteiger partial charge on any atom is -0.497 e. The van der Waals surface area contributed by atoms with Gasteiger partial charge in [-0.15, -0.1) is 0 Å². The number of nitrogens with one attached hydrogen (secondary N) is 1. The molecule has 30 heavy (non-hydrogen) atoms. The Balaban J connectivity index is 1.43. The molecule has 1 atom stereocenters. The Labute approximate surface area is 180 Å². The number of rotatable bonds is 8. The van der Waals surface area contributed by atoms with E-state index in [1.165, 1.54) is 6.26 Å². The van der Waals surface area contributed by atoms with E-state index in [0.29, 0.717) is 18.9 Å². The van der Waals surface area contributed by atoms with E-state index in [1.807, 2.05) is 29.2 Å². The summed E-state index contributed by atoms with van der Waals surface area (Å²) in [5.74, 6) is 1.49. The largest absolute Gasteiger partial charge is 0.497 e. The summed E-state index contributed by atoms with van der Waals surface area (Å²) < 4.78 is 36.5. The molecule has 2 aliphatic heterocycles. The fourth-order valence-corrected chi connectivity index (χ4v) is 5.03. The molecule has 0 saturated carbocycles. The molecule has 1 aromatic rings. The molecule has 8 heteroatoms. The van der Waals surface area contributed by atoms with Gasteiger partial charge in [0.15, 0.2) is 0 Å². The molecule has 2 saturated heterocycles. The number of aryl methyl sites for hydroxylation is 1. The third kappa shape index (κ3) is 6.68. The van der Waals surface area contributed by atoms with Crippen LogP contribution in [-0.4, -0.2) is 64.4 Å². The number of carbonyl (C=O) groups is 1. The van der Waals surface area contributed by atoms with Gasteiger partial charge in [-0.3, -0.25) is 4.79 Å². The third-order valence-electron chi connectivity index (χ3n) is 6.33. The number of sulfonamides is 1. The second-order valence-corrected chi connectivity index (χ2v) is 10.4. The zero-order valence-electron chi connectivity index (χ0n) is 18.1. The first kappa shape index (κ1) is 23.0. The van der Waals surface area contributed by atoms with Crippen molar-refractivity contribution in [3.63, 3.8) is 0 Å². The molecule has 2 fully saturated rings. The van der Waals surface area contributed by atoms with Crippen LogP contribution >= 0.6 is 0 Å². The molecule has 3 rings (SSSR count). The Bertz CT molecular complexity index is 801. The van der Waals surface area contributed by atoms with E-state index in [9.17, 15) is 13.2 Å². The van der Waals surface area contributed by atoms with Gasteiger partial charge in [0.1, 0.15) is 5.75 Å². The average Bonchev–Trinajstić information content (AvgIpc) is 2.72. The molecule has 0 bridgehead atoms. The zero-order chi connectivity index (χ0) is 21.6. The maximum atomic E-state index is 12.7. The molecule has 0 aliphatic carbocycles. The molecular weight excluding hydrogens is 404 g/mol. The molecule has 7 nitrogen and oxygen atoms in total. The lowest BCUT2D eigenvalue weighted by molar-refractivity contribution is -0.147. The van der Waals surface area contributed by atoms with Crippen LogP contribution in [0.15, 0.2) is 24.3 Å². The van der Waals surface area contributed by atoms with Gasteiger partial charge >= 0.3 is 0 Å². The number of nitrogens with zero attached hydrogens (tertiary/aromatic N) is 1. The predicted molar refractivity (Wildman–Crippen MR) is 116 cm³/mol. The average molecular weight is 439 g/mol. The fourth-order valence-electron chi connectivity index (χ4n) is 4.54. The first-order chi connectivity index (χ1) is 14.3. The normalized spacial score (nSPS) is 21.5. The molecule has 168 valence electrons. The van der Waals surface area contributed by atoms with Gasteiger partial charge in [-0.1, -0.05) is 12.1 Å². The van der Waals surface area contributed by atoms with Crippen LogP contribution in [0.25, 0.3) is 0 Å². The van der Waals surface area contributed by atoms with Crippen molar-refractivity contribution in [1.29, 1.82) is 0 Å². The Morgan fingerprint density at radius 1 is 1.27 bits per heavy atom. The Kier molecular flexibility index (Phi) is 7.76. The highest BCUT2D eigenvalue weighted by Crippen LogP contribution is 2.38. The molecule has 0 radical (unpaired) electrons. The summed E-state index contributed by atoms with van der Waals surface area (Å²) >= 11 is 0. The lowest BCUT2D eigenvalue weighted by Crippen LogP contribution is -2.51. The van der Waals surface area contributed by atoms with Crippen molar-refractivity contribution < 1.29 is 22.7 Å². The van der Waals surface area contributed by atoms with Crippen LogP contribution in [0, 0.1) is 5.92 Å². The van der Waals surface area contributed by atoms with E-state index in [-0.39, 0.29) is 11.5 Å². The molecule has 1 amide bonds. The second-order valence-electron chi connectivity index (χ2n) is 8.57. The van der Waals surface area contributed by atoms with Crippen molar-refractivity contribution in [3.05, 3.63) is 29.8 Å². The monoisotopic (exact) mass is 438 g/mol. The van der Waals surface area contributed by atoms with E-state index in [2.05, 4.69) is 4.72 Å². The van der Waals surface area contributed by atoms with Crippen molar-refractivity contribution in [3.8, 4) is 5.75 Å². The number of hydrogen-bond acceptors (Lipinski definition) is 5. The summed E-state index contributed by atoms with van der Waals surface area (Å²) in [4.78, 5) is 14.6. The maximum absolute atomic E-state index is 12.7. The van der Waals surface area contributed by atoms with Gasteiger partial charge in [-0.05, 0) is 62.1 Å². The molecule has 0 aromatic heterocycles. The summed E-state index contributed by atoms with van der Waals surface area (Å²) in [6.07, 6.45) is 6.91. The first-order valence-electron chi connectivity index (χ1n) is 10.8. The SMILES string of the molecule is COc1ccc(CCC(=O)N2CCC3(CC2)CC(CCNS(C)(=O)=O)CCO3)cc1. The third-order valence-corrected chi connectivity index (χ3v) is 7.05. The number of piperidine rings is 1. The fraction of sp³-hybridized carbons (Fsp3) is 0.682. The summed E-state index contributed by atoms with van der Waals surface area (Å²) in [6.45, 7) is 2.66. The van der Waals surface area contributed by atoms with Gasteiger partial charge in [0, 0.05) is 32.7 Å². The lowest BCUT2D eigenvalue weighted by atomic mass is 9.78. The van der Waals surface area contributed by atoms with Crippen molar-refractivity contribution in [1.82, 2.24) is 9.62 Å². The van der Waals surface area contributed by atoms with Crippen LogP contribution in [0.1, 0.15) is 44.1 Å². The second kappa shape index (κ2) is 10.1. The van der Waals surface area contributed by atoms with E-state index in [0.717, 1.165) is 69.5 Å². The standard InChI is InChI=1S/C22H34N2O5S/c1-28-20-6-3-18(4-7-20)5-8-21(25)24-14-11-22(12-15-24)17-19(10-16-29-22)9-13-23-30(2,26)27/h3-4,6-7,19,23H,5,8-17H2,1-2H3. The van der Waals surface area contributed by atoms with Gasteiger partial charge < -0.3 is 14.4 Å². The summed E-state index contributed by atoms with van der Waals surface area (Å²) in [5, 5.41) is 0. The Morgan fingerprint density at radius 3 is 2.60 bits per heavy atom. The van der Waals surface area contributed by atoms with Crippen LogP contribution in [0.5, 0.6) is 5.75 Å². The highest BCUT2D eigenvalue weighted by Gasteiger charge is 2.40. The highest BCUT2D eigenvalue weighted by molar-refractivity contribution is 7.88. The molecule has 1 aromatic carbocycles.